The van der Waals surface area contributed by atoms with Crippen LogP contribution in [0, 0.1) is 11.9 Å². The third kappa shape index (κ3) is 1.47. The maximum atomic E-state index is 12.7. The fourth-order valence-electron chi connectivity index (χ4n) is 2.46. The molecule has 78 valence electrons. The van der Waals surface area contributed by atoms with Crippen LogP contribution >= 0.6 is 0 Å². The Balaban J connectivity index is 1.92. The van der Waals surface area contributed by atoms with Crippen LogP contribution < -0.4 is 5.32 Å². The zero-order valence-corrected chi connectivity index (χ0v) is 8.41. The van der Waals surface area contributed by atoms with E-state index in [1.807, 2.05) is 6.07 Å². The van der Waals surface area contributed by atoms with Crippen molar-refractivity contribution in [2.75, 3.05) is 6.54 Å². The molecule has 1 aliphatic carbocycles. The molecule has 0 saturated carbocycles. The van der Waals surface area contributed by atoms with Gasteiger partial charge in [-0.15, -0.1) is 0 Å². The quantitative estimate of drug-likeness (QED) is 0.707. The van der Waals surface area contributed by atoms with Crippen molar-refractivity contribution in [2.45, 2.75) is 18.9 Å². The lowest BCUT2D eigenvalue weighted by Gasteiger charge is -2.42. The predicted octanol–water partition coefficient (Wildman–Crippen LogP) is 1.99. The van der Waals surface area contributed by atoms with Gasteiger partial charge in [0.05, 0.1) is 0 Å². The number of halogens is 1. The molecule has 1 saturated heterocycles. The van der Waals surface area contributed by atoms with Crippen LogP contribution in [-0.2, 0) is 0 Å². The minimum absolute atomic E-state index is 0.409. The van der Waals surface area contributed by atoms with Gasteiger partial charge in [-0.25, -0.2) is 4.98 Å². The molecule has 0 aromatic carbocycles. The summed E-state index contributed by atoms with van der Waals surface area (Å²) in [5.41, 5.74) is 2.35. The SMILES string of the molecule is Fc1ccc(C2=CCCC3CNC23)cn1. The zero-order valence-electron chi connectivity index (χ0n) is 8.41. The molecule has 2 aliphatic rings. The van der Waals surface area contributed by atoms with E-state index in [9.17, 15) is 4.39 Å². The summed E-state index contributed by atoms with van der Waals surface area (Å²) in [7, 11) is 0. The molecule has 3 rings (SSSR count). The van der Waals surface area contributed by atoms with Gasteiger partial charge in [0.15, 0.2) is 0 Å². The van der Waals surface area contributed by atoms with E-state index in [1.165, 1.54) is 18.1 Å². The zero-order chi connectivity index (χ0) is 10.3. The van der Waals surface area contributed by atoms with E-state index in [0.717, 1.165) is 24.4 Å². The van der Waals surface area contributed by atoms with Crippen LogP contribution in [0.15, 0.2) is 24.4 Å². The number of allylic oxidation sites excluding steroid dienone is 1. The fraction of sp³-hybridized carbons (Fsp3) is 0.417. The molecule has 3 heteroatoms. The minimum Gasteiger partial charge on any atom is -0.309 e. The Morgan fingerprint density at radius 1 is 1.40 bits per heavy atom. The molecule has 2 atom stereocenters. The summed E-state index contributed by atoms with van der Waals surface area (Å²) in [6, 6.07) is 3.72. The number of fused-ring (bicyclic) bond motifs is 1. The minimum atomic E-state index is -0.409. The molecule has 2 unspecified atom stereocenters. The van der Waals surface area contributed by atoms with E-state index < -0.39 is 5.95 Å². The number of aromatic nitrogens is 1. The maximum Gasteiger partial charge on any atom is 0.212 e. The van der Waals surface area contributed by atoms with Crippen LogP contribution in [0.4, 0.5) is 4.39 Å². The Morgan fingerprint density at radius 2 is 2.33 bits per heavy atom. The monoisotopic (exact) mass is 204 g/mol. The summed E-state index contributed by atoms with van der Waals surface area (Å²) < 4.78 is 12.7. The van der Waals surface area contributed by atoms with Crippen molar-refractivity contribution < 1.29 is 4.39 Å². The van der Waals surface area contributed by atoms with Gasteiger partial charge in [-0.05, 0) is 42.0 Å². The smallest absolute Gasteiger partial charge is 0.212 e. The van der Waals surface area contributed by atoms with Crippen LogP contribution in [0.2, 0.25) is 0 Å². The number of rotatable bonds is 1. The third-order valence-electron chi connectivity index (χ3n) is 3.37. The van der Waals surface area contributed by atoms with Crippen LogP contribution in [0.3, 0.4) is 0 Å². The van der Waals surface area contributed by atoms with E-state index >= 15 is 0 Å². The molecule has 0 bridgehead atoms. The highest BCUT2D eigenvalue weighted by atomic mass is 19.1. The second-order valence-corrected chi connectivity index (χ2v) is 4.25. The average Bonchev–Trinajstić information content (AvgIpc) is 2.21. The molecule has 0 spiro atoms. The molecule has 2 nitrogen and oxygen atoms in total. The van der Waals surface area contributed by atoms with Crippen molar-refractivity contribution >= 4 is 5.57 Å². The standard InChI is InChI=1S/C12H13FN2/c13-11-5-4-8(6-14-11)10-3-1-2-9-7-15-12(9)10/h3-6,9,12,15H,1-2,7H2. The van der Waals surface area contributed by atoms with Crippen LogP contribution in [-0.4, -0.2) is 17.6 Å². The summed E-state index contributed by atoms with van der Waals surface area (Å²) in [6.45, 7) is 1.12. The molecule has 2 heterocycles. The van der Waals surface area contributed by atoms with Crippen molar-refractivity contribution in [1.29, 1.82) is 0 Å². The molecule has 1 aromatic heterocycles. The largest absolute Gasteiger partial charge is 0.309 e. The fourth-order valence-corrected chi connectivity index (χ4v) is 2.46. The summed E-state index contributed by atoms with van der Waals surface area (Å²) in [6.07, 6.45) is 6.29. The van der Waals surface area contributed by atoms with Gasteiger partial charge >= 0.3 is 0 Å². The highest BCUT2D eigenvalue weighted by Crippen LogP contribution is 2.35. The van der Waals surface area contributed by atoms with Crippen LogP contribution in [0.1, 0.15) is 18.4 Å². The molecule has 1 aliphatic heterocycles. The van der Waals surface area contributed by atoms with Gasteiger partial charge in [0.2, 0.25) is 5.95 Å². The first kappa shape index (κ1) is 9.04. The number of nitrogens with one attached hydrogen (secondary N) is 1. The van der Waals surface area contributed by atoms with Gasteiger partial charge < -0.3 is 5.32 Å². The van der Waals surface area contributed by atoms with Gasteiger partial charge in [0, 0.05) is 18.8 Å². The van der Waals surface area contributed by atoms with E-state index in [2.05, 4.69) is 16.4 Å². The molecule has 1 fully saturated rings. The Labute approximate surface area is 88.2 Å². The topological polar surface area (TPSA) is 24.9 Å². The Morgan fingerprint density at radius 3 is 3.00 bits per heavy atom. The third-order valence-corrected chi connectivity index (χ3v) is 3.37. The molecule has 1 N–H and O–H groups in total. The lowest BCUT2D eigenvalue weighted by molar-refractivity contribution is 0.262. The average molecular weight is 204 g/mol. The predicted molar refractivity (Wildman–Crippen MR) is 56.7 cm³/mol. The lowest BCUT2D eigenvalue weighted by atomic mass is 9.76. The highest BCUT2D eigenvalue weighted by Gasteiger charge is 2.35. The second kappa shape index (κ2) is 3.42. The molecular weight excluding hydrogens is 191 g/mol. The summed E-state index contributed by atoms with van der Waals surface area (Å²) in [5, 5.41) is 3.42. The first-order valence-electron chi connectivity index (χ1n) is 5.40. The maximum absolute atomic E-state index is 12.7. The molecular formula is C12H13FN2. The van der Waals surface area contributed by atoms with E-state index in [4.69, 9.17) is 0 Å². The first-order valence-corrected chi connectivity index (χ1v) is 5.40. The summed E-state index contributed by atoms with van der Waals surface area (Å²) in [4.78, 5) is 3.70. The van der Waals surface area contributed by atoms with Crippen molar-refractivity contribution in [1.82, 2.24) is 10.3 Å². The second-order valence-electron chi connectivity index (χ2n) is 4.25. The number of hydrogen-bond acceptors (Lipinski definition) is 2. The Bertz CT molecular complexity index is 397. The molecule has 0 radical (unpaired) electrons. The van der Waals surface area contributed by atoms with Crippen molar-refractivity contribution in [2.24, 2.45) is 5.92 Å². The van der Waals surface area contributed by atoms with E-state index in [0.29, 0.717) is 6.04 Å². The van der Waals surface area contributed by atoms with Gasteiger partial charge in [-0.1, -0.05) is 6.08 Å². The van der Waals surface area contributed by atoms with Gasteiger partial charge in [-0.2, -0.15) is 4.39 Å². The molecule has 15 heavy (non-hydrogen) atoms. The number of pyridine rings is 1. The van der Waals surface area contributed by atoms with Crippen LogP contribution in [0.25, 0.3) is 5.57 Å². The lowest BCUT2D eigenvalue weighted by Crippen LogP contribution is -2.54. The van der Waals surface area contributed by atoms with Gasteiger partial charge in [-0.3, -0.25) is 0 Å². The van der Waals surface area contributed by atoms with Crippen molar-refractivity contribution in [3.8, 4) is 0 Å². The van der Waals surface area contributed by atoms with Crippen LogP contribution in [0.5, 0.6) is 0 Å². The Hall–Kier alpha value is -1.22. The number of hydrogen-bond donors (Lipinski definition) is 1. The van der Waals surface area contributed by atoms with Crippen molar-refractivity contribution in [3.63, 3.8) is 0 Å². The normalized spacial score (nSPS) is 29.0. The van der Waals surface area contributed by atoms with Gasteiger partial charge in [0.25, 0.3) is 0 Å². The summed E-state index contributed by atoms with van der Waals surface area (Å²) in [5.74, 6) is 0.364. The summed E-state index contributed by atoms with van der Waals surface area (Å²) >= 11 is 0. The molecule has 1 aromatic rings. The van der Waals surface area contributed by atoms with Gasteiger partial charge in [0.1, 0.15) is 0 Å². The van der Waals surface area contributed by atoms with Crippen molar-refractivity contribution in [3.05, 3.63) is 35.9 Å². The molecule has 0 amide bonds. The first-order chi connectivity index (χ1) is 7.34. The van der Waals surface area contributed by atoms with E-state index in [-0.39, 0.29) is 0 Å². The Kier molecular flexibility index (Phi) is 2.06. The van der Waals surface area contributed by atoms with E-state index in [1.54, 1.807) is 6.20 Å². The number of nitrogens with zero attached hydrogens (tertiary/aromatic N) is 1. The highest BCUT2D eigenvalue weighted by molar-refractivity contribution is 5.71.